The highest BCUT2D eigenvalue weighted by Gasteiger charge is 2.09. The Balaban J connectivity index is 2.97. The summed E-state index contributed by atoms with van der Waals surface area (Å²) < 4.78 is 17.9. The normalized spacial score (nSPS) is 9.40. The van der Waals surface area contributed by atoms with Gasteiger partial charge in [-0.1, -0.05) is 0 Å². The lowest BCUT2D eigenvalue weighted by atomic mass is 10.1. The average Bonchev–Trinajstić information content (AvgIpc) is 2.22. The van der Waals surface area contributed by atoms with E-state index in [0.717, 1.165) is 0 Å². The maximum Gasteiger partial charge on any atom is 0.338 e. The SMILES string of the molecule is CCOC(=O)c1ccc(F)c(CC#N)c1. The fourth-order valence-corrected chi connectivity index (χ4v) is 1.14. The number of halogens is 1. The molecule has 0 heterocycles. The van der Waals surface area contributed by atoms with E-state index < -0.39 is 11.8 Å². The molecule has 0 bridgehead atoms. The van der Waals surface area contributed by atoms with Gasteiger partial charge in [-0.05, 0) is 25.1 Å². The largest absolute Gasteiger partial charge is 0.462 e. The number of nitrogens with zero attached hydrogens (tertiary/aromatic N) is 1. The number of hydrogen-bond donors (Lipinski definition) is 0. The predicted molar refractivity (Wildman–Crippen MR) is 51.7 cm³/mol. The zero-order valence-electron chi connectivity index (χ0n) is 8.29. The molecule has 0 aliphatic heterocycles. The third kappa shape index (κ3) is 2.78. The number of ether oxygens (including phenoxy) is 1. The van der Waals surface area contributed by atoms with Crippen LogP contribution in [0.2, 0.25) is 0 Å². The zero-order chi connectivity index (χ0) is 11.3. The van der Waals surface area contributed by atoms with E-state index in [0.29, 0.717) is 0 Å². The monoisotopic (exact) mass is 207 g/mol. The molecule has 15 heavy (non-hydrogen) atoms. The molecule has 0 amide bonds. The first-order valence-corrected chi connectivity index (χ1v) is 4.51. The molecule has 0 saturated heterocycles. The molecular weight excluding hydrogens is 197 g/mol. The predicted octanol–water partition coefficient (Wildman–Crippen LogP) is 2.07. The molecule has 1 aromatic rings. The molecule has 0 spiro atoms. The lowest BCUT2D eigenvalue weighted by Crippen LogP contribution is -2.05. The maximum absolute atomic E-state index is 13.1. The number of nitriles is 1. The van der Waals surface area contributed by atoms with Gasteiger partial charge in [0.2, 0.25) is 0 Å². The summed E-state index contributed by atoms with van der Waals surface area (Å²) in [7, 11) is 0. The Labute approximate surface area is 87.1 Å². The van der Waals surface area contributed by atoms with E-state index >= 15 is 0 Å². The minimum Gasteiger partial charge on any atom is -0.462 e. The Bertz CT molecular complexity index is 410. The van der Waals surface area contributed by atoms with Gasteiger partial charge in [-0.15, -0.1) is 0 Å². The van der Waals surface area contributed by atoms with Crippen LogP contribution in [0.15, 0.2) is 18.2 Å². The smallest absolute Gasteiger partial charge is 0.338 e. The number of hydrogen-bond acceptors (Lipinski definition) is 3. The summed E-state index contributed by atoms with van der Waals surface area (Å²) in [6.07, 6.45) is -0.0565. The Kier molecular flexibility index (Phi) is 3.81. The van der Waals surface area contributed by atoms with Gasteiger partial charge in [-0.3, -0.25) is 0 Å². The van der Waals surface area contributed by atoms with Gasteiger partial charge in [0, 0.05) is 5.56 Å². The topological polar surface area (TPSA) is 50.1 Å². The Morgan fingerprint density at radius 1 is 1.60 bits per heavy atom. The van der Waals surface area contributed by atoms with Crippen molar-refractivity contribution in [1.82, 2.24) is 0 Å². The first-order valence-electron chi connectivity index (χ1n) is 4.51. The summed E-state index contributed by atoms with van der Waals surface area (Å²) in [6.45, 7) is 1.96. The molecule has 0 radical (unpaired) electrons. The van der Waals surface area contributed by atoms with E-state index in [2.05, 4.69) is 0 Å². The van der Waals surface area contributed by atoms with Crippen molar-refractivity contribution in [1.29, 1.82) is 5.26 Å². The van der Waals surface area contributed by atoms with Crippen LogP contribution in [0.5, 0.6) is 0 Å². The van der Waals surface area contributed by atoms with Crippen LogP contribution >= 0.6 is 0 Å². The zero-order valence-corrected chi connectivity index (χ0v) is 8.29. The third-order valence-electron chi connectivity index (χ3n) is 1.83. The quantitative estimate of drug-likeness (QED) is 0.713. The standard InChI is InChI=1S/C11H10FNO2/c1-2-15-11(14)9-3-4-10(12)8(7-9)5-6-13/h3-4,7H,2,5H2,1H3. The first-order chi connectivity index (χ1) is 7.19. The van der Waals surface area contributed by atoms with Crippen molar-refractivity contribution in [3.63, 3.8) is 0 Å². The van der Waals surface area contributed by atoms with Crippen molar-refractivity contribution < 1.29 is 13.9 Å². The van der Waals surface area contributed by atoms with Gasteiger partial charge in [0.1, 0.15) is 5.82 Å². The lowest BCUT2D eigenvalue weighted by molar-refractivity contribution is 0.0526. The van der Waals surface area contributed by atoms with Crippen molar-refractivity contribution in [2.24, 2.45) is 0 Å². The molecule has 1 rings (SSSR count). The molecule has 0 atom stereocenters. The molecule has 4 heteroatoms. The molecule has 0 aliphatic rings. The van der Waals surface area contributed by atoms with E-state index in [4.69, 9.17) is 10.00 Å². The molecule has 0 aromatic heterocycles. The minimum atomic E-state index is -0.503. The van der Waals surface area contributed by atoms with E-state index in [1.807, 2.05) is 6.07 Å². The van der Waals surface area contributed by atoms with Crippen LogP contribution in [-0.2, 0) is 11.2 Å². The van der Waals surface area contributed by atoms with E-state index in [1.165, 1.54) is 18.2 Å². The summed E-state index contributed by atoms with van der Waals surface area (Å²) in [5.41, 5.74) is 0.478. The molecule has 0 aliphatic carbocycles. The number of benzene rings is 1. The highest BCUT2D eigenvalue weighted by Crippen LogP contribution is 2.12. The minimum absolute atomic E-state index is 0.0565. The second-order valence-corrected chi connectivity index (χ2v) is 2.86. The van der Waals surface area contributed by atoms with Gasteiger partial charge < -0.3 is 4.74 Å². The molecule has 0 fully saturated rings. The van der Waals surface area contributed by atoms with Crippen molar-refractivity contribution in [2.45, 2.75) is 13.3 Å². The lowest BCUT2D eigenvalue weighted by Gasteiger charge is -2.03. The fraction of sp³-hybridized carbons (Fsp3) is 0.273. The highest BCUT2D eigenvalue weighted by atomic mass is 19.1. The van der Waals surface area contributed by atoms with Crippen molar-refractivity contribution >= 4 is 5.97 Å². The van der Waals surface area contributed by atoms with Crippen LogP contribution in [0.4, 0.5) is 4.39 Å². The van der Waals surface area contributed by atoms with Crippen LogP contribution in [0.3, 0.4) is 0 Å². The summed E-state index contributed by atoms with van der Waals surface area (Å²) in [4.78, 5) is 11.3. The fourth-order valence-electron chi connectivity index (χ4n) is 1.14. The Morgan fingerprint density at radius 2 is 2.33 bits per heavy atom. The Morgan fingerprint density at radius 3 is 2.93 bits per heavy atom. The first kappa shape index (κ1) is 11.2. The summed E-state index contributed by atoms with van der Waals surface area (Å²) in [5, 5.41) is 8.44. The van der Waals surface area contributed by atoms with E-state index in [-0.39, 0.29) is 24.2 Å². The molecule has 1 aromatic carbocycles. The molecule has 0 N–H and O–H groups in total. The maximum atomic E-state index is 13.1. The van der Waals surface area contributed by atoms with Crippen LogP contribution in [-0.4, -0.2) is 12.6 Å². The van der Waals surface area contributed by atoms with Crippen LogP contribution in [0.25, 0.3) is 0 Å². The highest BCUT2D eigenvalue weighted by molar-refractivity contribution is 5.89. The van der Waals surface area contributed by atoms with Gasteiger partial charge >= 0.3 is 5.97 Å². The average molecular weight is 207 g/mol. The van der Waals surface area contributed by atoms with Gasteiger partial charge in [-0.2, -0.15) is 5.26 Å². The van der Waals surface area contributed by atoms with Crippen molar-refractivity contribution in [3.8, 4) is 6.07 Å². The van der Waals surface area contributed by atoms with Crippen molar-refractivity contribution in [3.05, 3.63) is 35.1 Å². The van der Waals surface area contributed by atoms with E-state index in [9.17, 15) is 9.18 Å². The van der Waals surface area contributed by atoms with Crippen LogP contribution in [0, 0.1) is 17.1 Å². The summed E-state index contributed by atoms with van der Waals surface area (Å²) in [6, 6.07) is 5.68. The molecule has 3 nitrogen and oxygen atoms in total. The van der Waals surface area contributed by atoms with Gasteiger partial charge in [-0.25, -0.2) is 9.18 Å². The Hall–Kier alpha value is -1.89. The summed E-state index contributed by atoms with van der Waals surface area (Å²) >= 11 is 0. The second-order valence-electron chi connectivity index (χ2n) is 2.86. The van der Waals surface area contributed by atoms with Gasteiger partial charge in [0.05, 0.1) is 24.7 Å². The van der Waals surface area contributed by atoms with Gasteiger partial charge in [0.25, 0.3) is 0 Å². The van der Waals surface area contributed by atoms with Crippen molar-refractivity contribution in [2.75, 3.05) is 6.61 Å². The molecule has 0 unspecified atom stereocenters. The van der Waals surface area contributed by atoms with Gasteiger partial charge in [0.15, 0.2) is 0 Å². The third-order valence-corrected chi connectivity index (χ3v) is 1.83. The molecule has 78 valence electrons. The number of rotatable bonds is 3. The number of carbonyl (C=O) groups is 1. The molecular formula is C11H10FNO2. The van der Waals surface area contributed by atoms with Crippen LogP contribution < -0.4 is 0 Å². The second kappa shape index (κ2) is 5.11. The molecule has 0 saturated carbocycles. The number of esters is 1. The summed E-state index contributed by atoms with van der Waals surface area (Å²) in [5.74, 6) is -0.985. The van der Waals surface area contributed by atoms with Crippen LogP contribution in [0.1, 0.15) is 22.8 Å². The van der Waals surface area contributed by atoms with E-state index in [1.54, 1.807) is 6.92 Å². The number of carbonyl (C=O) groups excluding carboxylic acids is 1.